The maximum absolute atomic E-state index is 2.61. The van der Waals surface area contributed by atoms with E-state index in [0.29, 0.717) is 0 Å². The van der Waals surface area contributed by atoms with Gasteiger partial charge in [0, 0.05) is 32.4 Å². The van der Waals surface area contributed by atoms with Gasteiger partial charge < -0.3 is 9.38 Å². The van der Waals surface area contributed by atoms with Crippen molar-refractivity contribution in [2.75, 3.05) is 64.3 Å². The predicted octanol–water partition coefficient (Wildman–Crippen LogP) is 1.27. The zero-order valence-electron chi connectivity index (χ0n) is 11.4. The quantitative estimate of drug-likeness (QED) is 0.738. The summed E-state index contributed by atoms with van der Waals surface area (Å²) >= 11 is 0. The second-order valence-corrected chi connectivity index (χ2v) is 5.83. The molecular formula is C15H24N3+. The molecule has 3 nitrogen and oxygen atoms in total. The molecule has 1 aromatic rings. The Kier molecular flexibility index (Phi) is 3.27. The summed E-state index contributed by atoms with van der Waals surface area (Å²) in [7, 11) is 2.22. The number of rotatable bonds is 4. The van der Waals surface area contributed by atoms with Gasteiger partial charge in [-0.2, -0.15) is 0 Å². The summed E-state index contributed by atoms with van der Waals surface area (Å²) in [5, 5.41) is 0. The molecule has 0 N–H and O–H groups in total. The van der Waals surface area contributed by atoms with Gasteiger partial charge in [-0.05, 0) is 12.1 Å². The molecule has 0 saturated carbocycles. The Labute approximate surface area is 110 Å². The SMILES string of the molecule is CN(CC[N+]12CCN(CC1)CC2)c1ccccc1. The van der Waals surface area contributed by atoms with Crippen LogP contribution in [0.5, 0.6) is 0 Å². The van der Waals surface area contributed by atoms with E-state index >= 15 is 0 Å². The first-order valence-corrected chi connectivity index (χ1v) is 7.11. The Morgan fingerprint density at radius 3 is 2.28 bits per heavy atom. The Morgan fingerprint density at radius 1 is 1.06 bits per heavy atom. The van der Waals surface area contributed by atoms with Gasteiger partial charge in [-0.3, -0.25) is 4.90 Å². The highest BCUT2D eigenvalue weighted by Crippen LogP contribution is 2.20. The van der Waals surface area contributed by atoms with Crippen LogP contribution in [0.15, 0.2) is 30.3 Å². The zero-order valence-corrected chi connectivity index (χ0v) is 11.4. The highest BCUT2D eigenvalue weighted by atomic mass is 15.5. The van der Waals surface area contributed by atoms with Crippen molar-refractivity contribution < 1.29 is 4.48 Å². The van der Waals surface area contributed by atoms with Crippen LogP contribution in [0.25, 0.3) is 0 Å². The Balaban J connectivity index is 1.57. The van der Waals surface area contributed by atoms with E-state index in [0.717, 1.165) is 0 Å². The molecule has 1 aromatic carbocycles. The van der Waals surface area contributed by atoms with Gasteiger partial charge in [-0.15, -0.1) is 0 Å². The average molecular weight is 246 g/mol. The van der Waals surface area contributed by atoms with Crippen molar-refractivity contribution in [1.29, 1.82) is 0 Å². The van der Waals surface area contributed by atoms with Gasteiger partial charge in [-0.1, -0.05) is 18.2 Å². The number of benzene rings is 1. The van der Waals surface area contributed by atoms with Gasteiger partial charge in [0.25, 0.3) is 0 Å². The molecule has 0 atom stereocenters. The Morgan fingerprint density at radius 2 is 1.67 bits per heavy atom. The first kappa shape index (κ1) is 12.0. The molecule has 3 heterocycles. The number of quaternary nitrogens is 1. The number of hydrogen-bond acceptors (Lipinski definition) is 2. The highest BCUT2D eigenvalue weighted by Gasteiger charge is 2.37. The average Bonchev–Trinajstić information content (AvgIpc) is 2.48. The largest absolute Gasteiger partial charge is 0.369 e. The smallest absolute Gasteiger partial charge is 0.0965 e. The van der Waals surface area contributed by atoms with Crippen LogP contribution in [0.4, 0.5) is 5.69 Å². The summed E-state index contributed by atoms with van der Waals surface area (Å²) in [6.45, 7) is 10.5. The lowest BCUT2D eigenvalue weighted by atomic mass is 10.1. The van der Waals surface area contributed by atoms with Gasteiger partial charge in [0.2, 0.25) is 0 Å². The topological polar surface area (TPSA) is 6.48 Å². The summed E-state index contributed by atoms with van der Waals surface area (Å²) in [5.74, 6) is 0. The molecule has 3 saturated heterocycles. The summed E-state index contributed by atoms with van der Waals surface area (Å²) in [6.07, 6.45) is 0. The third-order valence-corrected chi connectivity index (χ3v) is 4.78. The summed E-state index contributed by atoms with van der Waals surface area (Å²) in [6, 6.07) is 10.7. The number of piperazine rings is 3. The van der Waals surface area contributed by atoms with Crippen molar-refractivity contribution in [3.8, 4) is 0 Å². The van der Waals surface area contributed by atoms with E-state index in [1.54, 1.807) is 0 Å². The number of fused-ring (bicyclic) bond motifs is 3. The van der Waals surface area contributed by atoms with E-state index in [4.69, 9.17) is 0 Å². The van der Waals surface area contributed by atoms with Crippen molar-refractivity contribution in [2.45, 2.75) is 0 Å². The maximum Gasteiger partial charge on any atom is 0.0965 e. The molecule has 0 aliphatic carbocycles. The van der Waals surface area contributed by atoms with Crippen molar-refractivity contribution in [1.82, 2.24) is 4.90 Å². The molecule has 2 bridgehead atoms. The third-order valence-electron chi connectivity index (χ3n) is 4.78. The first-order valence-electron chi connectivity index (χ1n) is 7.11. The number of likely N-dealkylation sites (N-methyl/N-ethyl adjacent to an activating group) is 1. The Hall–Kier alpha value is -1.06. The minimum absolute atomic E-state index is 1.17. The van der Waals surface area contributed by atoms with Crippen LogP contribution in [0.2, 0.25) is 0 Å². The molecule has 98 valence electrons. The van der Waals surface area contributed by atoms with Crippen LogP contribution in [-0.2, 0) is 0 Å². The normalized spacial score (nSPS) is 30.4. The van der Waals surface area contributed by atoms with Gasteiger partial charge in [0.1, 0.15) is 0 Å². The minimum Gasteiger partial charge on any atom is -0.369 e. The number of anilines is 1. The van der Waals surface area contributed by atoms with E-state index in [-0.39, 0.29) is 0 Å². The summed E-state index contributed by atoms with van der Waals surface area (Å²) in [5.41, 5.74) is 1.34. The van der Waals surface area contributed by atoms with E-state index in [1.165, 1.54) is 62.5 Å². The van der Waals surface area contributed by atoms with Crippen molar-refractivity contribution in [2.24, 2.45) is 0 Å². The van der Waals surface area contributed by atoms with Crippen LogP contribution in [0, 0.1) is 0 Å². The molecule has 0 spiro atoms. The lowest BCUT2D eigenvalue weighted by molar-refractivity contribution is -0.939. The van der Waals surface area contributed by atoms with Gasteiger partial charge >= 0.3 is 0 Å². The first-order chi connectivity index (χ1) is 8.77. The van der Waals surface area contributed by atoms with Crippen LogP contribution < -0.4 is 4.90 Å². The van der Waals surface area contributed by atoms with Crippen LogP contribution in [0.1, 0.15) is 0 Å². The Bertz CT molecular complexity index is 368. The number of nitrogens with zero attached hydrogens (tertiary/aromatic N) is 3. The predicted molar refractivity (Wildman–Crippen MR) is 75.9 cm³/mol. The molecule has 0 amide bonds. The molecular weight excluding hydrogens is 222 g/mol. The van der Waals surface area contributed by atoms with Crippen LogP contribution in [-0.4, -0.2) is 68.8 Å². The van der Waals surface area contributed by atoms with Crippen molar-refractivity contribution in [3.63, 3.8) is 0 Å². The van der Waals surface area contributed by atoms with Crippen LogP contribution in [0.3, 0.4) is 0 Å². The molecule has 0 unspecified atom stereocenters. The number of hydrogen-bond donors (Lipinski definition) is 0. The van der Waals surface area contributed by atoms with E-state index in [1.807, 2.05) is 0 Å². The fraction of sp³-hybridized carbons (Fsp3) is 0.600. The maximum atomic E-state index is 2.61. The summed E-state index contributed by atoms with van der Waals surface area (Å²) < 4.78 is 1.35. The van der Waals surface area contributed by atoms with E-state index < -0.39 is 0 Å². The van der Waals surface area contributed by atoms with Crippen molar-refractivity contribution in [3.05, 3.63) is 30.3 Å². The molecule has 3 heteroatoms. The zero-order chi connectivity index (χ0) is 12.4. The van der Waals surface area contributed by atoms with E-state index in [9.17, 15) is 0 Å². The van der Waals surface area contributed by atoms with Gasteiger partial charge in [0.05, 0.1) is 32.7 Å². The van der Waals surface area contributed by atoms with Crippen molar-refractivity contribution >= 4 is 5.69 Å². The second kappa shape index (κ2) is 4.90. The minimum atomic E-state index is 1.17. The second-order valence-electron chi connectivity index (χ2n) is 5.83. The molecule has 0 aromatic heterocycles. The molecule has 3 aliphatic heterocycles. The monoisotopic (exact) mass is 246 g/mol. The summed E-state index contributed by atoms with van der Waals surface area (Å²) in [4.78, 5) is 5.01. The van der Waals surface area contributed by atoms with Gasteiger partial charge in [-0.25, -0.2) is 0 Å². The van der Waals surface area contributed by atoms with E-state index in [2.05, 4.69) is 47.2 Å². The molecule has 0 radical (unpaired) electrons. The number of para-hydroxylation sites is 1. The molecule has 3 aliphatic rings. The molecule has 18 heavy (non-hydrogen) atoms. The molecule has 3 fully saturated rings. The molecule has 4 rings (SSSR count). The fourth-order valence-corrected chi connectivity index (χ4v) is 3.24. The highest BCUT2D eigenvalue weighted by molar-refractivity contribution is 5.44. The van der Waals surface area contributed by atoms with Crippen LogP contribution >= 0.6 is 0 Å². The lowest BCUT2D eigenvalue weighted by Gasteiger charge is -2.51. The standard InChI is InChI=1S/C15H24N3/c1-16(15-5-3-2-4-6-15)7-11-18-12-8-17(9-13-18)10-14-18/h2-6H,7-14H2,1H3/q+1. The third kappa shape index (κ3) is 2.38. The lowest BCUT2D eigenvalue weighted by Crippen LogP contribution is -2.68. The van der Waals surface area contributed by atoms with Gasteiger partial charge in [0.15, 0.2) is 0 Å². The fourth-order valence-electron chi connectivity index (χ4n) is 3.24.